The highest BCUT2D eigenvalue weighted by atomic mass is 19.1. The zero-order valence-electron chi connectivity index (χ0n) is 8.50. The molecule has 2 N–H and O–H groups in total. The number of anilines is 1. The van der Waals surface area contributed by atoms with Crippen LogP contribution in [0.5, 0.6) is 0 Å². The minimum Gasteiger partial charge on any atom is -0.396 e. The zero-order chi connectivity index (χ0) is 10.6. The van der Waals surface area contributed by atoms with Crippen LogP contribution in [-0.2, 0) is 7.05 Å². The van der Waals surface area contributed by atoms with Gasteiger partial charge in [-0.15, -0.1) is 0 Å². The van der Waals surface area contributed by atoms with E-state index in [-0.39, 0.29) is 11.5 Å². The summed E-state index contributed by atoms with van der Waals surface area (Å²) in [5.41, 5.74) is 8.65. The predicted octanol–water partition coefficient (Wildman–Crippen LogP) is 2.17. The standard InChI is InChI=1S/C11H12FN3/c1-15-5-14-11-8(15)4-7(12)10(13)9(11)6-2-3-6/h4-6H,2-3,13H2,1H3. The number of nitrogens with zero attached hydrogens (tertiary/aromatic N) is 2. The minimum absolute atomic E-state index is 0.281. The maximum atomic E-state index is 13.6. The molecule has 0 radical (unpaired) electrons. The first kappa shape index (κ1) is 8.71. The van der Waals surface area contributed by atoms with Gasteiger partial charge in [-0.3, -0.25) is 0 Å². The minimum atomic E-state index is -0.326. The van der Waals surface area contributed by atoms with Gasteiger partial charge in [0, 0.05) is 18.7 Å². The molecule has 1 saturated carbocycles. The summed E-state index contributed by atoms with van der Waals surface area (Å²) in [5.74, 6) is 0.0890. The molecule has 78 valence electrons. The average molecular weight is 205 g/mol. The molecule has 0 saturated heterocycles. The van der Waals surface area contributed by atoms with E-state index in [0.717, 1.165) is 29.4 Å². The molecule has 0 aliphatic heterocycles. The first-order chi connectivity index (χ1) is 7.18. The van der Waals surface area contributed by atoms with Gasteiger partial charge in [0.2, 0.25) is 0 Å². The second-order valence-electron chi connectivity index (χ2n) is 4.18. The Kier molecular flexibility index (Phi) is 1.58. The molecule has 1 heterocycles. The van der Waals surface area contributed by atoms with E-state index in [4.69, 9.17) is 5.73 Å². The summed E-state index contributed by atoms with van der Waals surface area (Å²) in [7, 11) is 1.86. The number of fused-ring (bicyclic) bond motifs is 1. The molecule has 0 amide bonds. The fourth-order valence-corrected chi connectivity index (χ4v) is 2.06. The Hall–Kier alpha value is -1.58. The molecule has 0 spiro atoms. The van der Waals surface area contributed by atoms with E-state index in [1.807, 2.05) is 11.6 Å². The highest BCUT2D eigenvalue weighted by Gasteiger charge is 2.30. The Balaban J connectivity index is 2.41. The molecule has 4 heteroatoms. The number of nitrogens with two attached hydrogens (primary N) is 1. The third-order valence-electron chi connectivity index (χ3n) is 3.03. The van der Waals surface area contributed by atoms with Crippen LogP contribution < -0.4 is 5.73 Å². The van der Waals surface area contributed by atoms with Crippen LogP contribution in [0.15, 0.2) is 12.4 Å². The molecule has 1 aromatic heterocycles. The summed E-state index contributed by atoms with van der Waals surface area (Å²) in [5, 5.41) is 0. The van der Waals surface area contributed by atoms with Gasteiger partial charge >= 0.3 is 0 Å². The summed E-state index contributed by atoms with van der Waals surface area (Å²) in [6.07, 6.45) is 3.90. The van der Waals surface area contributed by atoms with Crippen LogP contribution in [0.3, 0.4) is 0 Å². The number of benzene rings is 1. The van der Waals surface area contributed by atoms with Crippen molar-refractivity contribution in [1.82, 2.24) is 9.55 Å². The Labute approximate surface area is 86.7 Å². The summed E-state index contributed by atoms with van der Waals surface area (Å²) in [4.78, 5) is 4.30. The normalized spacial score (nSPS) is 16.1. The van der Waals surface area contributed by atoms with Gasteiger partial charge in [0.05, 0.1) is 23.0 Å². The molecule has 0 bridgehead atoms. The van der Waals surface area contributed by atoms with Crippen molar-refractivity contribution in [2.45, 2.75) is 18.8 Å². The number of nitrogen functional groups attached to an aromatic ring is 1. The summed E-state index contributed by atoms with van der Waals surface area (Å²) < 4.78 is 15.4. The molecule has 3 nitrogen and oxygen atoms in total. The van der Waals surface area contributed by atoms with Crippen LogP contribution in [0.1, 0.15) is 24.3 Å². The van der Waals surface area contributed by atoms with Crippen LogP contribution in [0.2, 0.25) is 0 Å². The van der Waals surface area contributed by atoms with Gasteiger partial charge < -0.3 is 10.3 Å². The molecule has 0 unspecified atom stereocenters. The van der Waals surface area contributed by atoms with E-state index in [1.54, 1.807) is 6.33 Å². The van der Waals surface area contributed by atoms with E-state index >= 15 is 0 Å². The molecule has 15 heavy (non-hydrogen) atoms. The zero-order valence-corrected chi connectivity index (χ0v) is 8.50. The SMILES string of the molecule is Cn1cnc2c(C3CC3)c(N)c(F)cc21. The topological polar surface area (TPSA) is 43.8 Å². The van der Waals surface area contributed by atoms with Crippen molar-refractivity contribution in [3.63, 3.8) is 0 Å². The third kappa shape index (κ3) is 1.14. The summed E-state index contributed by atoms with van der Waals surface area (Å²) in [6.45, 7) is 0. The van der Waals surface area contributed by atoms with Crippen molar-refractivity contribution < 1.29 is 4.39 Å². The van der Waals surface area contributed by atoms with Crippen molar-refractivity contribution >= 4 is 16.7 Å². The lowest BCUT2D eigenvalue weighted by atomic mass is 10.1. The van der Waals surface area contributed by atoms with Crippen LogP contribution >= 0.6 is 0 Å². The maximum absolute atomic E-state index is 13.6. The Bertz CT molecular complexity index is 540. The van der Waals surface area contributed by atoms with Gasteiger partial charge in [0.15, 0.2) is 0 Å². The Morgan fingerprint density at radius 2 is 2.27 bits per heavy atom. The Morgan fingerprint density at radius 1 is 1.53 bits per heavy atom. The summed E-state index contributed by atoms with van der Waals surface area (Å²) in [6, 6.07) is 1.46. The lowest BCUT2D eigenvalue weighted by Gasteiger charge is -2.06. The highest BCUT2D eigenvalue weighted by molar-refractivity contribution is 5.85. The van der Waals surface area contributed by atoms with E-state index in [9.17, 15) is 4.39 Å². The number of aryl methyl sites for hydroxylation is 1. The van der Waals surface area contributed by atoms with Gasteiger partial charge in [-0.2, -0.15) is 0 Å². The highest BCUT2D eigenvalue weighted by Crippen LogP contribution is 2.46. The van der Waals surface area contributed by atoms with Crippen LogP contribution in [-0.4, -0.2) is 9.55 Å². The monoisotopic (exact) mass is 205 g/mol. The summed E-state index contributed by atoms with van der Waals surface area (Å²) >= 11 is 0. The third-order valence-corrected chi connectivity index (χ3v) is 3.03. The molecule has 1 aliphatic carbocycles. The van der Waals surface area contributed by atoms with Crippen molar-refractivity contribution in [3.05, 3.63) is 23.8 Å². The smallest absolute Gasteiger partial charge is 0.148 e. The first-order valence-electron chi connectivity index (χ1n) is 5.07. The number of imidazole rings is 1. The number of halogens is 1. The van der Waals surface area contributed by atoms with Crippen molar-refractivity contribution in [2.24, 2.45) is 7.05 Å². The fourth-order valence-electron chi connectivity index (χ4n) is 2.06. The van der Waals surface area contributed by atoms with Crippen LogP contribution in [0, 0.1) is 5.82 Å². The first-order valence-corrected chi connectivity index (χ1v) is 5.07. The second-order valence-corrected chi connectivity index (χ2v) is 4.18. The van der Waals surface area contributed by atoms with Crippen LogP contribution in [0.4, 0.5) is 10.1 Å². The van der Waals surface area contributed by atoms with Crippen LogP contribution in [0.25, 0.3) is 11.0 Å². The average Bonchev–Trinajstić information content (AvgIpc) is 2.97. The molecule has 0 atom stereocenters. The van der Waals surface area contributed by atoms with Gasteiger partial charge in [-0.1, -0.05) is 0 Å². The number of aromatic nitrogens is 2. The molecule has 3 rings (SSSR count). The molecular weight excluding hydrogens is 193 g/mol. The van der Waals surface area contributed by atoms with Gasteiger partial charge in [0.25, 0.3) is 0 Å². The van der Waals surface area contributed by atoms with E-state index in [0.29, 0.717) is 5.92 Å². The van der Waals surface area contributed by atoms with Crippen molar-refractivity contribution in [2.75, 3.05) is 5.73 Å². The predicted molar refractivity (Wildman–Crippen MR) is 57.1 cm³/mol. The molecule has 1 fully saturated rings. The number of hydrogen-bond donors (Lipinski definition) is 1. The largest absolute Gasteiger partial charge is 0.396 e. The van der Waals surface area contributed by atoms with Gasteiger partial charge in [-0.25, -0.2) is 9.37 Å². The molecule has 1 aromatic carbocycles. The van der Waals surface area contributed by atoms with Gasteiger partial charge in [0.1, 0.15) is 5.82 Å². The van der Waals surface area contributed by atoms with Crippen molar-refractivity contribution in [1.29, 1.82) is 0 Å². The molecule has 1 aliphatic rings. The second kappa shape index (κ2) is 2.72. The van der Waals surface area contributed by atoms with E-state index in [2.05, 4.69) is 4.98 Å². The number of hydrogen-bond acceptors (Lipinski definition) is 2. The van der Waals surface area contributed by atoms with Gasteiger partial charge in [-0.05, 0) is 18.8 Å². The van der Waals surface area contributed by atoms with Crippen molar-refractivity contribution in [3.8, 4) is 0 Å². The van der Waals surface area contributed by atoms with E-state index in [1.165, 1.54) is 6.07 Å². The number of rotatable bonds is 1. The molecule has 2 aromatic rings. The molecular formula is C11H12FN3. The lowest BCUT2D eigenvalue weighted by Crippen LogP contribution is -1.99. The Morgan fingerprint density at radius 3 is 2.93 bits per heavy atom. The maximum Gasteiger partial charge on any atom is 0.148 e. The van der Waals surface area contributed by atoms with E-state index < -0.39 is 0 Å². The fraction of sp³-hybridized carbons (Fsp3) is 0.364. The quantitative estimate of drug-likeness (QED) is 0.725. The lowest BCUT2D eigenvalue weighted by molar-refractivity contribution is 0.631.